The van der Waals surface area contributed by atoms with Crippen molar-refractivity contribution >= 4 is 11.7 Å². The van der Waals surface area contributed by atoms with Gasteiger partial charge in [0.2, 0.25) is 0 Å². The Kier molecular flexibility index (Phi) is 3.78. The van der Waals surface area contributed by atoms with E-state index in [0.29, 0.717) is 6.54 Å². The van der Waals surface area contributed by atoms with Crippen molar-refractivity contribution in [3.63, 3.8) is 0 Å². The third kappa shape index (κ3) is 3.06. The number of hydrogen-bond donors (Lipinski definition) is 1. The van der Waals surface area contributed by atoms with E-state index in [-0.39, 0.29) is 12.1 Å². The summed E-state index contributed by atoms with van der Waals surface area (Å²) < 4.78 is 7.51. The van der Waals surface area contributed by atoms with Crippen LogP contribution in [0.4, 0.5) is 4.79 Å². The van der Waals surface area contributed by atoms with E-state index in [0.717, 1.165) is 24.3 Å². The van der Waals surface area contributed by atoms with Crippen molar-refractivity contribution in [2.75, 3.05) is 19.6 Å². The van der Waals surface area contributed by atoms with Crippen LogP contribution in [0.1, 0.15) is 32.4 Å². The third-order valence-electron chi connectivity index (χ3n) is 3.67. The number of fused-ring (bicyclic) bond motifs is 1. The molecular formula is C16H22N4O2. The van der Waals surface area contributed by atoms with Crippen LogP contribution in [-0.2, 0) is 4.74 Å². The summed E-state index contributed by atoms with van der Waals surface area (Å²) in [7, 11) is 0. The summed E-state index contributed by atoms with van der Waals surface area (Å²) in [5.74, 6) is 0. The van der Waals surface area contributed by atoms with Crippen molar-refractivity contribution in [1.82, 2.24) is 19.6 Å². The van der Waals surface area contributed by atoms with Crippen LogP contribution in [0.2, 0.25) is 0 Å². The van der Waals surface area contributed by atoms with Gasteiger partial charge in [-0.3, -0.25) is 4.90 Å². The van der Waals surface area contributed by atoms with Crippen LogP contribution in [0.25, 0.3) is 5.65 Å². The van der Waals surface area contributed by atoms with Crippen molar-refractivity contribution < 1.29 is 9.53 Å². The number of carbonyl (C=O) groups is 1. The molecule has 1 saturated heterocycles. The molecule has 22 heavy (non-hydrogen) atoms. The van der Waals surface area contributed by atoms with Gasteiger partial charge in [0.1, 0.15) is 11.2 Å². The van der Waals surface area contributed by atoms with E-state index in [1.54, 1.807) is 11.1 Å². The number of hydrogen-bond acceptors (Lipinski definition) is 4. The molecule has 6 heteroatoms. The smallest absolute Gasteiger partial charge is 0.410 e. The van der Waals surface area contributed by atoms with Gasteiger partial charge in [-0.2, -0.15) is 0 Å². The van der Waals surface area contributed by atoms with Gasteiger partial charge in [0.05, 0.1) is 6.04 Å². The summed E-state index contributed by atoms with van der Waals surface area (Å²) in [6, 6.07) is 3.96. The molecule has 0 bridgehead atoms. The van der Waals surface area contributed by atoms with Gasteiger partial charge in [-0.1, -0.05) is 6.07 Å². The Balaban J connectivity index is 1.86. The Morgan fingerprint density at radius 1 is 1.41 bits per heavy atom. The van der Waals surface area contributed by atoms with Gasteiger partial charge in [-0.05, 0) is 32.4 Å². The molecule has 0 aromatic carbocycles. The van der Waals surface area contributed by atoms with E-state index in [4.69, 9.17) is 4.74 Å². The number of nitrogens with one attached hydrogen (secondary N) is 1. The molecule has 1 unspecified atom stereocenters. The summed E-state index contributed by atoms with van der Waals surface area (Å²) in [6.45, 7) is 7.81. The molecule has 118 valence electrons. The first-order valence-electron chi connectivity index (χ1n) is 7.57. The second-order valence-electron chi connectivity index (χ2n) is 6.55. The molecule has 2 aromatic rings. The molecule has 1 atom stereocenters. The highest BCUT2D eigenvalue weighted by atomic mass is 16.6. The number of rotatable bonds is 1. The summed E-state index contributed by atoms with van der Waals surface area (Å²) in [4.78, 5) is 18.5. The first kappa shape index (κ1) is 14.8. The highest BCUT2D eigenvalue weighted by Gasteiger charge is 2.31. The number of piperazine rings is 1. The lowest BCUT2D eigenvalue weighted by Crippen LogP contribution is -2.50. The molecule has 3 heterocycles. The van der Waals surface area contributed by atoms with Gasteiger partial charge < -0.3 is 14.5 Å². The average Bonchev–Trinajstić information content (AvgIpc) is 2.92. The Labute approximate surface area is 130 Å². The number of carbonyl (C=O) groups excluding carboxylic acids is 1. The molecule has 1 aliphatic heterocycles. The number of nitrogens with zero attached hydrogens (tertiary/aromatic N) is 3. The SMILES string of the molecule is CC(C)(C)OC(=O)N1CCNCC1c1ccc2nccn2c1. The van der Waals surface area contributed by atoms with E-state index in [9.17, 15) is 4.79 Å². The first-order chi connectivity index (χ1) is 10.4. The van der Waals surface area contributed by atoms with Gasteiger partial charge in [0.15, 0.2) is 0 Å². The Hall–Kier alpha value is -2.08. The van der Waals surface area contributed by atoms with Gasteiger partial charge in [-0.15, -0.1) is 0 Å². The highest BCUT2D eigenvalue weighted by molar-refractivity contribution is 5.69. The van der Waals surface area contributed by atoms with Crippen LogP contribution in [0.15, 0.2) is 30.7 Å². The van der Waals surface area contributed by atoms with Crippen molar-refractivity contribution in [2.45, 2.75) is 32.4 Å². The van der Waals surface area contributed by atoms with Crippen molar-refractivity contribution in [2.24, 2.45) is 0 Å². The average molecular weight is 302 g/mol. The van der Waals surface area contributed by atoms with Crippen LogP contribution in [0, 0.1) is 0 Å². The molecule has 1 fully saturated rings. The molecule has 6 nitrogen and oxygen atoms in total. The predicted molar refractivity (Wildman–Crippen MR) is 83.7 cm³/mol. The van der Waals surface area contributed by atoms with Crippen LogP contribution >= 0.6 is 0 Å². The van der Waals surface area contributed by atoms with Crippen LogP contribution < -0.4 is 5.32 Å². The standard InChI is InChI=1S/C16H22N4O2/c1-16(2,3)22-15(21)20-9-6-17-10-13(20)12-4-5-14-18-7-8-19(14)11-12/h4-5,7-8,11,13,17H,6,9-10H2,1-3H3. The molecule has 0 spiro atoms. The zero-order chi connectivity index (χ0) is 15.7. The Morgan fingerprint density at radius 3 is 3.00 bits per heavy atom. The molecule has 1 N–H and O–H groups in total. The van der Waals surface area contributed by atoms with Gasteiger partial charge >= 0.3 is 6.09 Å². The minimum atomic E-state index is -0.485. The third-order valence-corrected chi connectivity index (χ3v) is 3.67. The Morgan fingerprint density at radius 2 is 2.23 bits per heavy atom. The highest BCUT2D eigenvalue weighted by Crippen LogP contribution is 2.24. The molecule has 2 aromatic heterocycles. The van der Waals surface area contributed by atoms with Gasteiger partial charge in [-0.25, -0.2) is 9.78 Å². The first-order valence-corrected chi connectivity index (χ1v) is 7.57. The second kappa shape index (κ2) is 5.61. The second-order valence-corrected chi connectivity index (χ2v) is 6.55. The normalized spacial score (nSPS) is 19.4. The van der Waals surface area contributed by atoms with Crippen molar-refractivity contribution in [1.29, 1.82) is 0 Å². The van der Waals surface area contributed by atoms with Gasteiger partial charge in [0.25, 0.3) is 0 Å². The van der Waals surface area contributed by atoms with E-state index in [2.05, 4.69) is 10.3 Å². The number of imidazole rings is 1. The maximum absolute atomic E-state index is 12.5. The zero-order valence-electron chi connectivity index (χ0n) is 13.2. The van der Waals surface area contributed by atoms with Crippen LogP contribution in [0.3, 0.4) is 0 Å². The van der Waals surface area contributed by atoms with E-state index >= 15 is 0 Å². The monoisotopic (exact) mass is 302 g/mol. The molecule has 1 aliphatic rings. The molecular weight excluding hydrogens is 280 g/mol. The fraction of sp³-hybridized carbons (Fsp3) is 0.500. The van der Waals surface area contributed by atoms with Crippen LogP contribution in [-0.4, -0.2) is 45.6 Å². The topological polar surface area (TPSA) is 58.9 Å². The number of ether oxygens (including phenoxy) is 1. The lowest BCUT2D eigenvalue weighted by atomic mass is 10.1. The minimum absolute atomic E-state index is 0.0320. The van der Waals surface area contributed by atoms with E-state index < -0.39 is 5.60 Å². The maximum Gasteiger partial charge on any atom is 0.410 e. The van der Waals surface area contributed by atoms with Gasteiger partial charge in [0, 0.05) is 38.2 Å². The molecule has 1 amide bonds. The fourth-order valence-electron chi connectivity index (χ4n) is 2.68. The summed E-state index contributed by atoms with van der Waals surface area (Å²) in [6.07, 6.45) is 5.44. The predicted octanol–water partition coefficient (Wildman–Crippen LogP) is 2.22. The van der Waals surface area contributed by atoms with E-state index in [1.165, 1.54) is 0 Å². The number of pyridine rings is 1. The molecule has 3 rings (SSSR count). The lowest BCUT2D eigenvalue weighted by molar-refractivity contribution is 0.0117. The maximum atomic E-state index is 12.5. The zero-order valence-corrected chi connectivity index (χ0v) is 13.2. The van der Waals surface area contributed by atoms with Crippen molar-refractivity contribution in [3.8, 4) is 0 Å². The number of amides is 1. The quantitative estimate of drug-likeness (QED) is 0.877. The summed E-state index contributed by atoms with van der Waals surface area (Å²) >= 11 is 0. The van der Waals surface area contributed by atoms with E-state index in [1.807, 2.05) is 49.7 Å². The lowest BCUT2D eigenvalue weighted by Gasteiger charge is -2.37. The molecule has 0 saturated carbocycles. The minimum Gasteiger partial charge on any atom is -0.444 e. The summed E-state index contributed by atoms with van der Waals surface area (Å²) in [5.41, 5.74) is 1.49. The Bertz CT molecular complexity index is 674. The molecule has 0 aliphatic carbocycles. The molecule has 0 radical (unpaired) electrons. The largest absolute Gasteiger partial charge is 0.444 e. The van der Waals surface area contributed by atoms with Crippen molar-refractivity contribution in [3.05, 3.63) is 36.3 Å². The van der Waals surface area contributed by atoms with Crippen LogP contribution in [0.5, 0.6) is 0 Å². The summed E-state index contributed by atoms with van der Waals surface area (Å²) in [5, 5.41) is 3.35. The number of aromatic nitrogens is 2. The fourth-order valence-corrected chi connectivity index (χ4v) is 2.68.